The highest BCUT2D eigenvalue weighted by Crippen LogP contribution is 2.33. The highest BCUT2D eigenvalue weighted by Gasteiger charge is 2.27. The van der Waals surface area contributed by atoms with Crippen molar-refractivity contribution in [1.29, 1.82) is 10.8 Å². The Morgan fingerprint density at radius 3 is 2.43 bits per heavy atom. The van der Waals surface area contributed by atoms with Crippen molar-refractivity contribution in [3.63, 3.8) is 0 Å². The smallest absolute Gasteiger partial charge is 0.323 e. The number of halogens is 3. The van der Waals surface area contributed by atoms with Gasteiger partial charge < -0.3 is 25.2 Å². The molecule has 1 saturated heterocycles. The van der Waals surface area contributed by atoms with E-state index < -0.39 is 21.7 Å². The minimum absolute atomic E-state index is 0. The molecule has 1 heterocycles. The van der Waals surface area contributed by atoms with Crippen LogP contribution in [0.15, 0.2) is 42.5 Å². The van der Waals surface area contributed by atoms with Crippen LogP contribution in [0.3, 0.4) is 0 Å². The van der Waals surface area contributed by atoms with E-state index in [0.29, 0.717) is 35.8 Å². The molecule has 0 unspecified atom stereocenters. The fourth-order valence-electron chi connectivity index (χ4n) is 4.17. The lowest BCUT2D eigenvalue weighted by Crippen LogP contribution is -2.40. The summed E-state index contributed by atoms with van der Waals surface area (Å²) in [6.45, 7) is 4.58. The van der Waals surface area contributed by atoms with Gasteiger partial charge in [-0.2, -0.15) is 0 Å². The maximum Gasteiger partial charge on any atom is 0.323 e. The fourth-order valence-corrected chi connectivity index (χ4v) is 5.67. The van der Waals surface area contributed by atoms with E-state index in [1.165, 1.54) is 36.4 Å². The zero-order valence-corrected chi connectivity index (χ0v) is 26.4. The molecule has 2 aromatic carbocycles. The number of aromatic hydroxyl groups is 1. The number of esters is 1. The number of nitrogens with one attached hydrogen (secondary N) is 2. The monoisotopic (exact) mass is 663 g/mol. The van der Waals surface area contributed by atoms with Gasteiger partial charge in [-0.15, -0.1) is 24.8 Å². The molecule has 0 bridgehead atoms. The van der Waals surface area contributed by atoms with Crippen molar-refractivity contribution in [2.75, 3.05) is 36.3 Å². The summed E-state index contributed by atoms with van der Waals surface area (Å²) in [7, 11) is -4.19. The van der Waals surface area contributed by atoms with Crippen LogP contribution in [0.5, 0.6) is 11.5 Å². The Balaban J connectivity index is 0.00000441. The predicted molar refractivity (Wildman–Crippen MR) is 170 cm³/mol. The predicted octanol–water partition coefficient (Wildman–Crippen LogP) is 4.43. The second-order valence-electron chi connectivity index (χ2n) is 9.19. The van der Waals surface area contributed by atoms with E-state index in [0.717, 1.165) is 17.1 Å². The van der Waals surface area contributed by atoms with Gasteiger partial charge in [0.05, 0.1) is 29.7 Å². The Labute approximate surface area is 263 Å². The van der Waals surface area contributed by atoms with E-state index in [4.69, 9.17) is 37.6 Å². The first-order valence-electron chi connectivity index (χ1n) is 12.7. The molecule has 0 atom stereocenters. The second kappa shape index (κ2) is 16.4. The number of benzene rings is 2. The summed E-state index contributed by atoms with van der Waals surface area (Å²) in [5.74, 6) is -1.10. The number of ether oxygens (including phenoxy) is 2. The first-order valence-corrected chi connectivity index (χ1v) is 14.7. The molecule has 2 aromatic rings. The molecule has 11 nitrogen and oxygen atoms in total. The molecule has 1 fully saturated rings. The van der Waals surface area contributed by atoms with E-state index >= 15 is 0 Å². The van der Waals surface area contributed by atoms with Crippen LogP contribution < -0.4 is 14.8 Å². The number of phenolic OH excluding ortho intramolecular Hbond substituents is 1. The number of nitrogens with zero attached hydrogens (tertiary/aromatic N) is 2. The summed E-state index contributed by atoms with van der Waals surface area (Å²) >= 11 is 6.51. The third-order valence-corrected chi connectivity index (χ3v) is 8.19. The number of piperidine rings is 1. The molecule has 0 aliphatic carbocycles. The molecule has 5 N–H and O–H groups in total. The average Bonchev–Trinajstić information content (AvgIpc) is 2.88. The fraction of sp³-hybridized carbons (Fsp3) is 0.370. The molecular weight excluding hydrogens is 629 g/mol. The minimum Gasteiger partial charge on any atom is -0.507 e. The maximum atomic E-state index is 13.3. The van der Waals surface area contributed by atoms with Gasteiger partial charge in [0, 0.05) is 37.1 Å². The standard InChI is InChI=1S/C27H34ClN5O6S.2ClH/c1-3-38-26(35)17-40(36,37)33(12-4-5-19-15-20(27(30)31)6-8-24(19)34)21-7-9-25(23(28)16-21)39-22-10-13-32(14-11-22)18(2)29;;/h4-9,15-16,22,29,34H,3,10-14,17H2,1-2H3,(H3,30,31);2*1H/b5-4+,29-18?;;. The lowest BCUT2D eigenvalue weighted by molar-refractivity contribution is -0.139. The molecule has 0 radical (unpaired) electrons. The van der Waals surface area contributed by atoms with Crippen molar-refractivity contribution in [2.45, 2.75) is 32.8 Å². The first kappa shape index (κ1) is 36.8. The van der Waals surface area contributed by atoms with Gasteiger partial charge in [0.1, 0.15) is 23.4 Å². The Hall–Kier alpha value is -3.19. The molecule has 42 heavy (non-hydrogen) atoms. The third kappa shape index (κ3) is 9.97. The molecular formula is C27H36Cl3N5O6S. The number of phenols is 1. The summed E-state index contributed by atoms with van der Waals surface area (Å²) in [6, 6.07) is 8.98. The normalized spacial score (nSPS) is 13.5. The number of rotatable bonds is 11. The van der Waals surface area contributed by atoms with Crippen molar-refractivity contribution >= 4 is 75.8 Å². The van der Waals surface area contributed by atoms with Crippen LogP contribution in [0.25, 0.3) is 6.08 Å². The van der Waals surface area contributed by atoms with Crippen LogP contribution in [-0.4, -0.2) is 74.2 Å². The van der Waals surface area contributed by atoms with Crippen LogP contribution >= 0.6 is 36.4 Å². The van der Waals surface area contributed by atoms with E-state index in [2.05, 4.69) is 0 Å². The highest BCUT2D eigenvalue weighted by molar-refractivity contribution is 7.93. The van der Waals surface area contributed by atoms with Crippen molar-refractivity contribution < 1.29 is 27.8 Å². The van der Waals surface area contributed by atoms with Gasteiger partial charge in [0.2, 0.25) is 10.0 Å². The van der Waals surface area contributed by atoms with Gasteiger partial charge in [-0.05, 0) is 50.2 Å². The summed E-state index contributed by atoms with van der Waals surface area (Å²) in [4.78, 5) is 14.0. The van der Waals surface area contributed by atoms with Crippen LogP contribution in [0.2, 0.25) is 5.02 Å². The van der Waals surface area contributed by atoms with Crippen LogP contribution in [0, 0.1) is 10.8 Å². The van der Waals surface area contributed by atoms with Gasteiger partial charge in [-0.3, -0.25) is 19.9 Å². The lowest BCUT2D eigenvalue weighted by atomic mass is 10.1. The zero-order valence-electron chi connectivity index (χ0n) is 23.2. The van der Waals surface area contributed by atoms with Gasteiger partial charge in [0.15, 0.2) is 5.75 Å². The second-order valence-corrected chi connectivity index (χ2v) is 11.5. The number of hydrogen-bond acceptors (Lipinski definition) is 8. The number of hydrogen-bond donors (Lipinski definition) is 4. The number of carbonyl (C=O) groups is 1. The van der Waals surface area contributed by atoms with Gasteiger partial charge >= 0.3 is 5.97 Å². The minimum atomic E-state index is -4.19. The number of likely N-dealkylation sites (tertiary alicyclic amines) is 1. The number of nitrogens with two attached hydrogens (primary N) is 1. The molecule has 0 saturated carbocycles. The van der Waals surface area contributed by atoms with Crippen LogP contribution in [0.4, 0.5) is 5.69 Å². The quantitative estimate of drug-likeness (QED) is 0.155. The summed E-state index contributed by atoms with van der Waals surface area (Å²) < 4.78 is 38.5. The van der Waals surface area contributed by atoms with E-state index in [1.54, 1.807) is 26.0 Å². The molecule has 0 aromatic heterocycles. The number of anilines is 1. The van der Waals surface area contributed by atoms with Crippen molar-refractivity contribution in [2.24, 2.45) is 5.73 Å². The van der Waals surface area contributed by atoms with Gasteiger partial charge in [-0.1, -0.05) is 23.8 Å². The Bertz CT molecular complexity index is 1400. The highest BCUT2D eigenvalue weighted by atomic mass is 35.5. The summed E-state index contributed by atoms with van der Waals surface area (Å²) in [5, 5.41) is 25.8. The number of nitrogen functional groups attached to an aromatic ring is 1. The Kier molecular flexibility index (Phi) is 14.4. The Morgan fingerprint density at radius 2 is 1.86 bits per heavy atom. The van der Waals surface area contributed by atoms with Crippen LogP contribution in [-0.2, 0) is 19.6 Å². The van der Waals surface area contributed by atoms with Gasteiger partial charge in [-0.25, -0.2) is 8.42 Å². The Morgan fingerprint density at radius 1 is 1.19 bits per heavy atom. The summed E-state index contributed by atoms with van der Waals surface area (Å²) in [6.07, 6.45) is 4.34. The van der Waals surface area contributed by atoms with Crippen molar-refractivity contribution in [3.05, 3.63) is 58.6 Å². The average molecular weight is 665 g/mol. The molecule has 1 aliphatic rings. The van der Waals surface area contributed by atoms with Crippen molar-refractivity contribution in [3.8, 4) is 11.5 Å². The third-order valence-electron chi connectivity index (χ3n) is 6.26. The van der Waals surface area contributed by atoms with Gasteiger partial charge in [0.25, 0.3) is 0 Å². The maximum absolute atomic E-state index is 13.3. The molecule has 232 valence electrons. The topological polar surface area (TPSA) is 170 Å². The van der Waals surface area contributed by atoms with Crippen LogP contribution in [0.1, 0.15) is 37.8 Å². The lowest BCUT2D eigenvalue weighted by Gasteiger charge is -2.33. The molecule has 0 amide bonds. The molecule has 3 rings (SSSR count). The molecule has 1 aliphatic heterocycles. The van der Waals surface area contributed by atoms with Crippen molar-refractivity contribution in [1.82, 2.24) is 4.90 Å². The zero-order chi connectivity index (χ0) is 29.4. The van der Waals surface area contributed by atoms with E-state index in [9.17, 15) is 18.3 Å². The number of carbonyl (C=O) groups excluding carboxylic acids is 1. The summed E-state index contributed by atoms with van der Waals surface area (Å²) in [5.41, 5.74) is 6.47. The SMILES string of the molecule is CCOC(=O)CS(=O)(=O)N(C/C=C/c1cc(C(=N)N)ccc1O)c1ccc(OC2CCN(C(C)=N)CC2)c(Cl)c1.Cl.Cl. The van der Waals surface area contributed by atoms with E-state index in [1.807, 2.05) is 4.90 Å². The largest absolute Gasteiger partial charge is 0.507 e. The first-order chi connectivity index (χ1) is 18.9. The number of amidine groups is 2. The van der Waals surface area contributed by atoms with E-state index in [-0.39, 0.29) is 66.4 Å². The molecule has 0 spiro atoms. The molecule has 15 heteroatoms. The number of sulfonamides is 1.